The van der Waals surface area contributed by atoms with Crippen molar-refractivity contribution in [2.45, 2.75) is 13.8 Å². The fourth-order valence-corrected chi connectivity index (χ4v) is 1.79. The smallest absolute Gasteiger partial charge is 0.234 e. The number of likely N-dealkylation sites (N-methyl/N-ethyl adjacent to an activating group) is 1. The van der Waals surface area contributed by atoms with Gasteiger partial charge in [0.25, 0.3) is 0 Å². The van der Waals surface area contributed by atoms with Crippen molar-refractivity contribution < 1.29 is 4.74 Å². The van der Waals surface area contributed by atoms with Gasteiger partial charge >= 0.3 is 0 Å². The molecule has 0 saturated carbocycles. The lowest BCUT2D eigenvalue weighted by Gasteiger charge is -2.18. The Bertz CT molecular complexity index is 370. The van der Waals surface area contributed by atoms with Crippen LogP contribution in [0.2, 0.25) is 10.0 Å². The highest BCUT2D eigenvalue weighted by atomic mass is 35.5. The molecule has 0 atom stereocenters. The van der Waals surface area contributed by atoms with E-state index in [0.717, 1.165) is 19.6 Å². The summed E-state index contributed by atoms with van der Waals surface area (Å²) >= 11 is 11.7. The second kappa shape index (κ2) is 6.89. The minimum Gasteiger partial charge on any atom is -0.475 e. The summed E-state index contributed by atoms with van der Waals surface area (Å²) in [5.74, 6) is 0.564. The average molecular weight is 278 g/mol. The van der Waals surface area contributed by atoms with Gasteiger partial charge < -0.3 is 15.4 Å². The fourth-order valence-electron chi connectivity index (χ4n) is 1.38. The Morgan fingerprint density at radius 1 is 1.29 bits per heavy atom. The van der Waals surface area contributed by atoms with Gasteiger partial charge in [0.1, 0.15) is 17.4 Å². The highest BCUT2D eigenvalue weighted by Crippen LogP contribution is 2.28. The molecule has 1 aromatic heterocycles. The molecule has 4 nitrogen and oxygen atoms in total. The molecule has 0 fully saturated rings. The zero-order chi connectivity index (χ0) is 12.8. The molecule has 2 N–H and O–H groups in total. The second-order valence-electron chi connectivity index (χ2n) is 3.52. The highest BCUT2D eigenvalue weighted by Gasteiger charge is 2.08. The lowest BCUT2D eigenvalue weighted by atomic mass is 10.4. The third-order valence-electron chi connectivity index (χ3n) is 2.47. The van der Waals surface area contributed by atoms with Crippen molar-refractivity contribution in [3.8, 4) is 5.88 Å². The zero-order valence-electron chi connectivity index (χ0n) is 10.0. The molecule has 0 bridgehead atoms. The Kier molecular flexibility index (Phi) is 5.82. The molecule has 1 heterocycles. The van der Waals surface area contributed by atoms with Crippen LogP contribution in [-0.4, -0.2) is 36.1 Å². The van der Waals surface area contributed by atoms with Crippen LogP contribution in [0.4, 0.5) is 5.82 Å². The summed E-state index contributed by atoms with van der Waals surface area (Å²) in [7, 11) is 0. The largest absolute Gasteiger partial charge is 0.475 e. The fraction of sp³-hybridized carbons (Fsp3) is 0.545. The van der Waals surface area contributed by atoms with E-state index in [-0.39, 0.29) is 5.82 Å². The second-order valence-corrected chi connectivity index (χ2v) is 4.33. The number of rotatable bonds is 6. The van der Waals surface area contributed by atoms with Crippen LogP contribution in [0.5, 0.6) is 5.88 Å². The summed E-state index contributed by atoms with van der Waals surface area (Å²) in [5, 5.41) is 0.717. The summed E-state index contributed by atoms with van der Waals surface area (Å²) in [4.78, 5) is 6.24. The van der Waals surface area contributed by atoms with E-state index in [2.05, 4.69) is 23.7 Å². The van der Waals surface area contributed by atoms with Crippen LogP contribution in [0.1, 0.15) is 13.8 Å². The number of halogens is 2. The van der Waals surface area contributed by atoms with Gasteiger partial charge in [-0.25, -0.2) is 0 Å². The minimum absolute atomic E-state index is 0.230. The van der Waals surface area contributed by atoms with Gasteiger partial charge in [-0.05, 0) is 19.2 Å². The molecule has 0 unspecified atom stereocenters. The van der Waals surface area contributed by atoms with Gasteiger partial charge in [-0.1, -0.05) is 37.0 Å². The van der Waals surface area contributed by atoms with E-state index in [4.69, 9.17) is 33.7 Å². The van der Waals surface area contributed by atoms with Crippen molar-refractivity contribution >= 4 is 29.0 Å². The van der Waals surface area contributed by atoms with Crippen LogP contribution >= 0.6 is 23.2 Å². The molecule has 0 aromatic carbocycles. The molecule has 0 aliphatic heterocycles. The molecule has 1 aromatic rings. The van der Waals surface area contributed by atoms with Gasteiger partial charge in [-0.2, -0.15) is 4.98 Å². The number of anilines is 1. The first kappa shape index (κ1) is 14.4. The number of nitrogens with two attached hydrogens (primary N) is 1. The van der Waals surface area contributed by atoms with Gasteiger partial charge in [-0.15, -0.1) is 0 Å². The van der Waals surface area contributed by atoms with Crippen LogP contribution in [0, 0.1) is 0 Å². The molecule has 0 amide bonds. The molecule has 0 radical (unpaired) electrons. The van der Waals surface area contributed by atoms with Crippen molar-refractivity contribution in [2.75, 3.05) is 32.0 Å². The van der Waals surface area contributed by atoms with Crippen LogP contribution in [0.15, 0.2) is 6.07 Å². The topological polar surface area (TPSA) is 51.4 Å². The Morgan fingerprint density at radius 2 is 1.94 bits per heavy atom. The first-order valence-corrected chi connectivity index (χ1v) is 6.30. The van der Waals surface area contributed by atoms with E-state index in [9.17, 15) is 0 Å². The number of nitrogen functional groups attached to an aromatic ring is 1. The SMILES string of the molecule is CCN(CC)CCOc1nc(N)c(Cl)cc1Cl. The summed E-state index contributed by atoms with van der Waals surface area (Å²) in [6.45, 7) is 7.54. The van der Waals surface area contributed by atoms with Crippen molar-refractivity contribution in [3.63, 3.8) is 0 Å². The lowest BCUT2D eigenvalue weighted by molar-refractivity contribution is 0.218. The van der Waals surface area contributed by atoms with Gasteiger partial charge in [0.15, 0.2) is 0 Å². The molecular weight excluding hydrogens is 261 g/mol. The zero-order valence-corrected chi connectivity index (χ0v) is 11.6. The molecule has 0 aliphatic carbocycles. The molecule has 17 heavy (non-hydrogen) atoms. The first-order chi connectivity index (χ1) is 8.08. The lowest BCUT2D eigenvalue weighted by Crippen LogP contribution is -2.28. The average Bonchev–Trinajstić information content (AvgIpc) is 2.31. The molecule has 0 spiro atoms. The molecule has 6 heteroatoms. The van der Waals surface area contributed by atoms with Crippen LogP contribution in [0.3, 0.4) is 0 Å². The van der Waals surface area contributed by atoms with E-state index in [1.807, 2.05) is 0 Å². The number of nitrogens with zero attached hydrogens (tertiary/aromatic N) is 2. The first-order valence-electron chi connectivity index (χ1n) is 5.55. The molecular formula is C11H17Cl2N3O. The number of ether oxygens (including phenoxy) is 1. The Balaban J connectivity index is 2.55. The maximum absolute atomic E-state index is 5.94. The summed E-state index contributed by atoms with van der Waals surface area (Å²) < 4.78 is 5.48. The van der Waals surface area contributed by atoms with E-state index in [1.165, 1.54) is 6.07 Å². The Morgan fingerprint density at radius 3 is 2.53 bits per heavy atom. The Labute approximate surface area is 112 Å². The third kappa shape index (κ3) is 4.22. The van der Waals surface area contributed by atoms with E-state index in [1.54, 1.807) is 0 Å². The van der Waals surface area contributed by atoms with Gasteiger partial charge in [0, 0.05) is 6.54 Å². The summed E-state index contributed by atoms with van der Waals surface area (Å²) in [6, 6.07) is 1.54. The normalized spacial score (nSPS) is 10.9. The molecule has 0 saturated heterocycles. The maximum Gasteiger partial charge on any atom is 0.234 e. The van der Waals surface area contributed by atoms with Crippen LogP contribution in [0.25, 0.3) is 0 Å². The predicted octanol–water partition coefficient (Wildman–Crippen LogP) is 2.69. The molecule has 0 aliphatic rings. The van der Waals surface area contributed by atoms with Crippen LogP contribution < -0.4 is 10.5 Å². The van der Waals surface area contributed by atoms with Crippen LogP contribution in [-0.2, 0) is 0 Å². The van der Waals surface area contributed by atoms with Gasteiger partial charge in [0.05, 0.1) is 5.02 Å². The van der Waals surface area contributed by atoms with E-state index < -0.39 is 0 Å². The highest BCUT2D eigenvalue weighted by molar-refractivity contribution is 6.36. The number of hydrogen-bond donors (Lipinski definition) is 1. The summed E-state index contributed by atoms with van der Waals surface area (Å²) in [6.07, 6.45) is 0. The summed E-state index contributed by atoms with van der Waals surface area (Å²) in [5.41, 5.74) is 5.58. The molecule has 96 valence electrons. The maximum atomic E-state index is 5.94. The quantitative estimate of drug-likeness (QED) is 0.869. The number of hydrogen-bond acceptors (Lipinski definition) is 4. The number of pyridine rings is 1. The third-order valence-corrected chi connectivity index (χ3v) is 3.04. The van der Waals surface area contributed by atoms with Crippen molar-refractivity contribution in [1.29, 1.82) is 0 Å². The van der Waals surface area contributed by atoms with Crippen molar-refractivity contribution in [3.05, 3.63) is 16.1 Å². The molecule has 1 rings (SSSR count). The number of aromatic nitrogens is 1. The van der Waals surface area contributed by atoms with Crippen molar-refractivity contribution in [2.24, 2.45) is 0 Å². The minimum atomic E-state index is 0.230. The predicted molar refractivity (Wildman–Crippen MR) is 72.0 cm³/mol. The monoisotopic (exact) mass is 277 g/mol. The van der Waals surface area contributed by atoms with Crippen molar-refractivity contribution in [1.82, 2.24) is 9.88 Å². The Hall–Kier alpha value is -0.710. The standard InChI is InChI=1S/C11H17Cl2N3O/c1-3-16(4-2)5-6-17-11-9(13)7-8(12)10(14)15-11/h7H,3-6H2,1-2H3,(H2,14,15). The van der Waals surface area contributed by atoms with E-state index in [0.29, 0.717) is 22.5 Å². The van der Waals surface area contributed by atoms with Gasteiger partial charge in [0.2, 0.25) is 5.88 Å². The van der Waals surface area contributed by atoms with Gasteiger partial charge in [-0.3, -0.25) is 0 Å². The van der Waals surface area contributed by atoms with E-state index >= 15 is 0 Å².